The van der Waals surface area contributed by atoms with Crippen molar-refractivity contribution in [3.05, 3.63) is 80.9 Å². The van der Waals surface area contributed by atoms with Gasteiger partial charge in [-0.25, -0.2) is 0 Å². The lowest BCUT2D eigenvalue weighted by molar-refractivity contribution is -0.118. The molecule has 0 bridgehead atoms. The van der Waals surface area contributed by atoms with Crippen molar-refractivity contribution in [2.75, 3.05) is 11.9 Å². The molecular weight excluding hydrogens is 422 g/mol. The predicted molar refractivity (Wildman–Crippen MR) is 113 cm³/mol. The van der Waals surface area contributed by atoms with E-state index in [1.54, 1.807) is 36.4 Å². The first-order valence-electron chi connectivity index (χ1n) is 8.66. The van der Waals surface area contributed by atoms with Crippen LogP contribution in [0.15, 0.2) is 74.3 Å². The Labute approximate surface area is 169 Å². The highest BCUT2D eigenvalue weighted by molar-refractivity contribution is 9.10. The van der Waals surface area contributed by atoms with Crippen LogP contribution < -0.4 is 15.5 Å². The normalized spacial score (nSPS) is 10.9. The first kappa shape index (κ1) is 18.3. The number of para-hydroxylation sites is 1. The third kappa shape index (κ3) is 3.64. The van der Waals surface area contributed by atoms with E-state index in [2.05, 4.69) is 21.2 Å². The van der Waals surface area contributed by atoms with E-state index in [1.165, 1.54) is 0 Å². The van der Waals surface area contributed by atoms with Crippen molar-refractivity contribution >= 4 is 49.5 Å². The molecule has 4 aromatic rings. The van der Waals surface area contributed by atoms with Gasteiger partial charge in [0.1, 0.15) is 16.9 Å². The molecule has 0 saturated carbocycles. The number of anilines is 1. The summed E-state index contributed by atoms with van der Waals surface area (Å²) in [4.78, 5) is 24.9. The second-order valence-electron chi connectivity index (χ2n) is 6.39. The van der Waals surface area contributed by atoms with Gasteiger partial charge < -0.3 is 14.5 Å². The zero-order valence-electron chi connectivity index (χ0n) is 15.0. The Morgan fingerprint density at radius 1 is 1.07 bits per heavy atom. The van der Waals surface area contributed by atoms with Crippen LogP contribution in [0.4, 0.5) is 5.69 Å². The molecule has 0 radical (unpaired) electrons. The second kappa shape index (κ2) is 7.48. The highest BCUT2D eigenvalue weighted by Crippen LogP contribution is 2.24. The Bertz CT molecular complexity index is 1260. The molecule has 1 amide bonds. The largest absolute Gasteiger partial charge is 0.484 e. The quantitative estimate of drug-likeness (QED) is 0.454. The van der Waals surface area contributed by atoms with Gasteiger partial charge in [-0.1, -0.05) is 34.1 Å². The van der Waals surface area contributed by atoms with Gasteiger partial charge in [-0.3, -0.25) is 9.59 Å². The Kier molecular flexibility index (Phi) is 4.88. The number of carbonyl (C=O) groups is 1. The SMILES string of the molecule is Cc1cccc2c(=O)c3ccc(NC(=O)COc4cccc(Br)c4)cc3oc12. The molecule has 0 aliphatic heterocycles. The lowest BCUT2D eigenvalue weighted by Gasteiger charge is -2.09. The molecule has 28 heavy (non-hydrogen) atoms. The van der Waals surface area contributed by atoms with Crippen molar-refractivity contribution in [2.24, 2.45) is 0 Å². The Morgan fingerprint density at radius 3 is 2.71 bits per heavy atom. The zero-order valence-corrected chi connectivity index (χ0v) is 16.6. The minimum atomic E-state index is -0.307. The molecule has 0 aliphatic rings. The molecule has 0 aliphatic carbocycles. The van der Waals surface area contributed by atoms with E-state index in [-0.39, 0.29) is 17.9 Å². The summed E-state index contributed by atoms with van der Waals surface area (Å²) in [5.41, 5.74) is 2.31. The first-order valence-corrected chi connectivity index (χ1v) is 9.45. The molecule has 0 atom stereocenters. The molecule has 5 nitrogen and oxygen atoms in total. The van der Waals surface area contributed by atoms with Gasteiger partial charge in [0, 0.05) is 16.2 Å². The van der Waals surface area contributed by atoms with Crippen LogP contribution in [0.2, 0.25) is 0 Å². The molecule has 4 rings (SSSR count). The smallest absolute Gasteiger partial charge is 0.262 e. The number of nitrogens with one attached hydrogen (secondary N) is 1. The monoisotopic (exact) mass is 437 g/mol. The van der Waals surface area contributed by atoms with Gasteiger partial charge in [-0.05, 0) is 48.9 Å². The Balaban J connectivity index is 1.57. The highest BCUT2D eigenvalue weighted by atomic mass is 79.9. The predicted octanol–water partition coefficient (Wildman–Crippen LogP) is 5.03. The summed E-state index contributed by atoms with van der Waals surface area (Å²) in [5, 5.41) is 3.78. The Morgan fingerprint density at radius 2 is 1.89 bits per heavy atom. The fourth-order valence-corrected chi connectivity index (χ4v) is 3.37. The Hall–Kier alpha value is -3.12. The molecule has 6 heteroatoms. The van der Waals surface area contributed by atoms with Crippen LogP contribution in [0.3, 0.4) is 0 Å². The van der Waals surface area contributed by atoms with Gasteiger partial charge >= 0.3 is 0 Å². The fourth-order valence-electron chi connectivity index (χ4n) is 3.00. The van der Waals surface area contributed by atoms with Gasteiger partial charge in [0.25, 0.3) is 5.91 Å². The van der Waals surface area contributed by atoms with E-state index in [9.17, 15) is 9.59 Å². The van der Waals surface area contributed by atoms with Crippen LogP contribution in [-0.2, 0) is 4.79 Å². The molecule has 0 spiro atoms. The molecule has 1 aromatic heterocycles. The molecule has 1 heterocycles. The topological polar surface area (TPSA) is 68.5 Å². The number of hydrogen-bond donors (Lipinski definition) is 1. The van der Waals surface area contributed by atoms with Crippen LogP contribution in [0.25, 0.3) is 21.9 Å². The second-order valence-corrected chi connectivity index (χ2v) is 7.30. The summed E-state index contributed by atoms with van der Waals surface area (Å²) in [6, 6.07) is 17.7. The number of hydrogen-bond acceptors (Lipinski definition) is 4. The lowest BCUT2D eigenvalue weighted by atomic mass is 10.1. The molecular formula is C22H16BrNO4. The van der Waals surface area contributed by atoms with Crippen LogP contribution >= 0.6 is 15.9 Å². The molecule has 140 valence electrons. The number of halogens is 1. The van der Waals surface area contributed by atoms with Crippen molar-refractivity contribution in [1.82, 2.24) is 0 Å². The number of fused-ring (bicyclic) bond motifs is 2. The summed E-state index contributed by atoms with van der Waals surface area (Å²) in [5.74, 6) is 0.287. The summed E-state index contributed by atoms with van der Waals surface area (Å²) >= 11 is 3.36. The molecule has 3 aromatic carbocycles. The summed E-state index contributed by atoms with van der Waals surface area (Å²) in [7, 11) is 0. The van der Waals surface area contributed by atoms with E-state index in [0.29, 0.717) is 33.4 Å². The van der Waals surface area contributed by atoms with E-state index < -0.39 is 0 Å². The molecule has 0 unspecified atom stereocenters. The zero-order chi connectivity index (χ0) is 19.7. The lowest BCUT2D eigenvalue weighted by Crippen LogP contribution is -2.20. The van der Waals surface area contributed by atoms with Gasteiger partial charge in [-0.2, -0.15) is 0 Å². The number of aryl methyl sites for hydroxylation is 1. The molecule has 0 fully saturated rings. The van der Waals surface area contributed by atoms with Gasteiger partial charge in [-0.15, -0.1) is 0 Å². The van der Waals surface area contributed by atoms with Crippen LogP contribution in [0.5, 0.6) is 5.75 Å². The maximum atomic E-state index is 12.7. The highest BCUT2D eigenvalue weighted by Gasteiger charge is 2.11. The number of ether oxygens (including phenoxy) is 1. The van der Waals surface area contributed by atoms with Crippen LogP contribution in [0.1, 0.15) is 5.56 Å². The number of carbonyl (C=O) groups excluding carboxylic acids is 1. The average molecular weight is 438 g/mol. The standard InChI is InChI=1S/C22H16BrNO4/c1-13-4-2-7-18-21(26)17-9-8-15(11-19(17)28-22(13)18)24-20(25)12-27-16-6-3-5-14(23)10-16/h2-11H,12H2,1H3,(H,24,25). The van der Waals surface area contributed by atoms with Crippen molar-refractivity contribution < 1.29 is 13.9 Å². The first-order chi connectivity index (χ1) is 13.5. The van der Waals surface area contributed by atoms with Crippen molar-refractivity contribution in [2.45, 2.75) is 6.92 Å². The third-order valence-electron chi connectivity index (χ3n) is 4.34. The number of rotatable bonds is 4. The van der Waals surface area contributed by atoms with Crippen LogP contribution in [-0.4, -0.2) is 12.5 Å². The summed E-state index contributed by atoms with van der Waals surface area (Å²) in [6.07, 6.45) is 0. The van der Waals surface area contributed by atoms with E-state index in [1.807, 2.05) is 31.2 Å². The minimum absolute atomic E-state index is 0.0872. The van der Waals surface area contributed by atoms with Gasteiger partial charge in [0.2, 0.25) is 5.43 Å². The maximum Gasteiger partial charge on any atom is 0.262 e. The maximum absolute atomic E-state index is 12.7. The van der Waals surface area contributed by atoms with E-state index >= 15 is 0 Å². The van der Waals surface area contributed by atoms with Crippen LogP contribution in [0, 0.1) is 6.92 Å². The van der Waals surface area contributed by atoms with Gasteiger partial charge in [0.15, 0.2) is 6.61 Å². The van der Waals surface area contributed by atoms with E-state index in [4.69, 9.17) is 9.15 Å². The number of benzene rings is 3. The minimum Gasteiger partial charge on any atom is -0.484 e. The van der Waals surface area contributed by atoms with Crippen molar-refractivity contribution in [3.8, 4) is 5.75 Å². The van der Waals surface area contributed by atoms with Crippen molar-refractivity contribution in [1.29, 1.82) is 0 Å². The number of amides is 1. The fraction of sp³-hybridized carbons (Fsp3) is 0.0909. The summed E-state index contributed by atoms with van der Waals surface area (Å²) < 4.78 is 12.3. The average Bonchev–Trinajstić information content (AvgIpc) is 2.67. The van der Waals surface area contributed by atoms with Gasteiger partial charge in [0.05, 0.1) is 10.8 Å². The summed E-state index contributed by atoms with van der Waals surface area (Å²) in [6.45, 7) is 1.76. The van der Waals surface area contributed by atoms with E-state index in [0.717, 1.165) is 10.0 Å². The third-order valence-corrected chi connectivity index (χ3v) is 4.84. The molecule has 1 N–H and O–H groups in total. The van der Waals surface area contributed by atoms with Crippen molar-refractivity contribution in [3.63, 3.8) is 0 Å². The molecule has 0 saturated heterocycles.